The molecule has 2 aromatic rings. The van der Waals surface area contributed by atoms with Crippen molar-refractivity contribution in [3.05, 3.63) is 52.5 Å². The Labute approximate surface area is 128 Å². The zero-order valence-corrected chi connectivity index (χ0v) is 12.6. The molecule has 0 fully saturated rings. The van der Waals surface area contributed by atoms with Crippen molar-refractivity contribution in [1.82, 2.24) is 0 Å². The molecule has 0 saturated heterocycles. The Morgan fingerprint density at radius 2 is 2.05 bits per heavy atom. The molecule has 0 aliphatic heterocycles. The number of ether oxygens (including phenoxy) is 1. The van der Waals surface area contributed by atoms with E-state index in [0.717, 1.165) is 5.56 Å². The molecule has 0 unspecified atom stereocenters. The Morgan fingerprint density at radius 1 is 1.29 bits per heavy atom. The monoisotopic (exact) mass is 305 g/mol. The Bertz CT molecular complexity index is 671. The maximum Gasteiger partial charge on any atom is 0.259 e. The molecule has 2 rings (SSSR count). The van der Waals surface area contributed by atoms with E-state index in [1.165, 1.54) is 6.07 Å². The average Bonchev–Trinajstić information content (AvgIpc) is 2.43. The second kappa shape index (κ2) is 6.50. The summed E-state index contributed by atoms with van der Waals surface area (Å²) in [5.41, 5.74) is 1.66. The van der Waals surface area contributed by atoms with Crippen LogP contribution in [-0.2, 0) is 0 Å². The Balaban J connectivity index is 2.30. The number of nitrogens with one attached hydrogen (secondary N) is 1. The quantitative estimate of drug-likeness (QED) is 0.839. The molecule has 0 spiro atoms. The van der Waals surface area contributed by atoms with E-state index in [1.54, 1.807) is 30.3 Å². The van der Waals surface area contributed by atoms with Gasteiger partial charge in [-0.05, 0) is 49.7 Å². The molecule has 4 nitrogen and oxygen atoms in total. The molecule has 110 valence electrons. The van der Waals surface area contributed by atoms with Gasteiger partial charge in [-0.1, -0.05) is 17.7 Å². The Kier molecular flexibility index (Phi) is 4.70. The summed E-state index contributed by atoms with van der Waals surface area (Å²) in [5, 5.41) is 12.9. The molecule has 2 aromatic carbocycles. The molecule has 0 bridgehead atoms. The highest BCUT2D eigenvalue weighted by Crippen LogP contribution is 2.27. The second-order valence-electron chi connectivity index (χ2n) is 4.55. The van der Waals surface area contributed by atoms with Crippen molar-refractivity contribution < 1.29 is 14.6 Å². The van der Waals surface area contributed by atoms with Crippen molar-refractivity contribution in [1.29, 1.82) is 0 Å². The summed E-state index contributed by atoms with van der Waals surface area (Å²) >= 11 is 5.91. The lowest BCUT2D eigenvalue weighted by Gasteiger charge is -2.12. The first-order valence-electron chi connectivity index (χ1n) is 6.54. The first-order chi connectivity index (χ1) is 10.0. The van der Waals surface area contributed by atoms with Crippen LogP contribution in [-0.4, -0.2) is 17.6 Å². The van der Waals surface area contributed by atoms with Crippen molar-refractivity contribution in [2.45, 2.75) is 13.8 Å². The zero-order valence-electron chi connectivity index (χ0n) is 11.8. The number of amides is 1. The third-order valence-electron chi connectivity index (χ3n) is 2.89. The summed E-state index contributed by atoms with van der Waals surface area (Å²) in [5.74, 6) is 0.0616. The Morgan fingerprint density at radius 3 is 2.76 bits per heavy atom. The number of aromatic hydroxyl groups is 1. The third-order valence-corrected chi connectivity index (χ3v) is 3.12. The van der Waals surface area contributed by atoms with Crippen molar-refractivity contribution in [3.8, 4) is 11.5 Å². The number of benzene rings is 2. The molecule has 0 saturated carbocycles. The molecular weight excluding hydrogens is 290 g/mol. The smallest absolute Gasteiger partial charge is 0.259 e. The van der Waals surface area contributed by atoms with Gasteiger partial charge in [0.15, 0.2) is 0 Å². The molecule has 0 radical (unpaired) electrons. The average molecular weight is 306 g/mol. The molecule has 0 heterocycles. The summed E-state index contributed by atoms with van der Waals surface area (Å²) in [4.78, 5) is 12.3. The fourth-order valence-corrected chi connectivity index (χ4v) is 2.06. The van der Waals surface area contributed by atoms with E-state index in [-0.39, 0.29) is 11.7 Å². The van der Waals surface area contributed by atoms with Crippen molar-refractivity contribution in [3.63, 3.8) is 0 Å². The number of hydrogen-bond donors (Lipinski definition) is 2. The highest BCUT2D eigenvalue weighted by Gasteiger charge is 2.15. The van der Waals surface area contributed by atoms with Gasteiger partial charge in [-0.25, -0.2) is 0 Å². The van der Waals surface area contributed by atoms with E-state index in [9.17, 15) is 9.90 Å². The highest BCUT2D eigenvalue weighted by molar-refractivity contribution is 6.31. The summed E-state index contributed by atoms with van der Waals surface area (Å²) in [6.07, 6.45) is 0. The predicted octanol–water partition coefficient (Wildman–Crippen LogP) is 4.01. The maximum absolute atomic E-state index is 12.3. The van der Waals surface area contributed by atoms with Crippen LogP contribution >= 0.6 is 11.6 Å². The van der Waals surface area contributed by atoms with Gasteiger partial charge >= 0.3 is 0 Å². The Hall–Kier alpha value is -2.20. The van der Waals surface area contributed by atoms with Gasteiger partial charge in [-0.2, -0.15) is 0 Å². The number of hydrogen-bond acceptors (Lipinski definition) is 3. The number of anilines is 1. The van der Waals surface area contributed by atoms with Crippen molar-refractivity contribution in [2.24, 2.45) is 0 Å². The maximum atomic E-state index is 12.3. The molecule has 1 amide bonds. The van der Waals surface area contributed by atoms with Crippen molar-refractivity contribution >= 4 is 23.2 Å². The molecule has 0 aliphatic rings. The van der Waals surface area contributed by atoms with Crippen LogP contribution < -0.4 is 10.1 Å². The standard InChI is InChI=1S/C16H16ClNO3/c1-3-21-15-9-11(17)5-6-12(15)16(20)18-13-8-10(2)4-7-14(13)19/h4-9,19H,3H2,1-2H3,(H,18,20). The minimum atomic E-state index is -0.365. The number of carbonyl (C=O) groups excluding carboxylic acids is 1. The van der Waals surface area contributed by atoms with Crippen LogP contribution in [0, 0.1) is 6.92 Å². The van der Waals surface area contributed by atoms with Gasteiger partial charge in [0.2, 0.25) is 0 Å². The number of phenols is 1. The van der Waals surface area contributed by atoms with Crippen LogP contribution in [0.2, 0.25) is 5.02 Å². The number of halogens is 1. The first-order valence-corrected chi connectivity index (χ1v) is 6.92. The summed E-state index contributed by atoms with van der Waals surface area (Å²) in [6.45, 7) is 4.13. The van der Waals surface area contributed by atoms with Crippen LogP contribution in [0.15, 0.2) is 36.4 Å². The van der Waals surface area contributed by atoms with Crippen LogP contribution in [0.5, 0.6) is 11.5 Å². The largest absolute Gasteiger partial charge is 0.506 e. The van der Waals surface area contributed by atoms with E-state index in [0.29, 0.717) is 28.6 Å². The first kappa shape index (κ1) is 15.2. The van der Waals surface area contributed by atoms with Crippen molar-refractivity contribution in [2.75, 3.05) is 11.9 Å². The molecule has 0 aromatic heterocycles. The fraction of sp³-hybridized carbons (Fsp3) is 0.188. The lowest BCUT2D eigenvalue weighted by atomic mass is 10.1. The normalized spacial score (nSPS) is 10.2. The van der Waals surface area contributed by atoms with E-state index in [1.807, 2.05) is 13.8 Å². The van der Waals surface area contributed by atoms with E-state index < -0.39 is 0 Å². The molecule has 0 atom stereocenters. The van der Waals surface area contributed by atoms with Gasteiger partial charge in [0.1, 0.15) is 11.5 Å². The molecule has 2 N–H and O–H groups in total. The number of phenolic OH excluding ortho intramolecular Hbond substituents is 1. The van der Waals surface area contributed by atoms with Gasteiger partial charge in [-0.3, -0.25) is 4.79 Å². The number of carbonyl (C=O) groups is 1. The molecule has 21 heavy (non-hydrogen) atoms. The number of rotatable bonds is 4. The summed E-state index contributed by atoms with van der Waals surface area (Å²) in [7, 11) is 0. The molecule has 5 heteroatoms. The zero-order chi connectivity index (χ0) is 15.4. The minimum Gasteiger partial charge on any atom is -0.506 e. The summed E-state index contributed by atoms with van der Waals surface area (Å²) < 4.78 is 5.42. The topological polar surface area (TPSA) is 58.6 Å². The lowest BCUT2D eigenvalue weighted by molar-refractivity contribution is 0.102. The van der Waals surface area contributed by atoms with Crippen LogP contribution in [0.1, 0.15) is 22.8 Å². The second-order valence-corrected chi connectivity index (χ2v) is 4.98. The minimum absolute atomic E-state index is 0.0147. The van der Waals surface area contributed by atoms with E-state index in [4.69, 9.17) is 16.3 Å². The summed E-state index contributed by atoms with van der Waals surface area (Å²) in [6, 6.07) is 9.80. The fourth-order valence-electron chi connectivity index (χ4n) is 1.90. The molecule has 0 aliphatic carbocycles. The van der Waals surface area contributed by atoms with E-state index in [2.05, 4.69) is 5.32 Å². The highest BCUT2D eigenvalue weighted by atomic mass is 35.5. The third kappa shape index (κ3) is 3.67. The number of aryl methyl sites for hydroxylation is 1. The van der Waals surface area contributed by atoms with Crippen LogP contribution in [0.25, 0.3) is 0 Å². The lowest BCUT2D eigenvalue weighted by Crippen LogP contribution is -2.14. The molecular formula is C16H16ClNO3. The van der Waals surface area contributed by atoms with E-state index >= 15 is 0 Å². The SMILES string of the molecule is CCOc1cc(Cl)ccc1C(=O)Nc1cc(C)ccc1O. The van der Waals surface area contributed by atoms with Gasteiger partial charge in [0.25, 0.3) is 5.91 Å². The van der Waals surface area contributed by atoms with Gasteiger partial charge in [-0.15, -0.1) is 0 Å². The van der Waals surface area contributed by atoms with Gasteiger partial charge < -0.3 is 15.2 Å². The predicted molar refractivity (Wildman–Crippen MR) is 83.4 cm³/mol. The van der Waals surface area contributed by atoms with Gasteiger partial charge in [0, 0.05) is 5.02 Å². The van der Waals surface area contributed by atoms with Crippen LogP contribution in [0.4, 0.5) is 5.69 Å². The van der Waals surface area contributed by atoms with Gasteiger partial charge in [0.05, 0.1) is 17.9 Å². The van der Waals surface area contributed by atoms with Crippen LogP contribution in [0.3, 0.4) is 0 Å².